The van der Waals surface area contributed by atoms with Crippen molar-refractivity contribution in [3.8, 4) is 23.3 Å². The Labute approximate surface area is 105 Å². The lowest BCUT2D eigenvalue weighted by atomic mass is 10.0. The molecule has 1 aliphatic carbocycles. The van der Waals surface area contributed by atoms with Crippen molar-refractivity contribution in [1.29, 1.82) is 5.26 Å². The first-order valence-corrected chi connectivity index (χ1v) is 5.43. The van der Waals surface area contributed by atoms with E-state index in [1.165, 1.54) is 21.3 Å². The molecule has 1 aliphatic rings. The SMILES string of the molecule is COc1cc(OC)c2c(c1OC)C(=O)CC2C#N. The molecule has 0 bridgehead atoms. The maximum atomic E-state index is 12.0. The van der Waals surface area contributed by atoms with Gasteiger partial charge in [-0.05, 0) is 0 Å². The summed E-state index contributed by atoms with van der Waals surface area (Å²) in [6.07, 6.45) is 0.158. The molecule has 5 heteroatoms. The molecule has 0 spiro atoms. The molecule has 1 aromatic rings. The number of benzene rings is 1. The second-order valence-corrected chi connectivity index (χ2v) is 3.91. The van der Waals surface area contributed by atoms with Gasteiger partial charge in [-0.2, -0.15) is 5.26 Å². The zero-order valence-corrected chi connectivity index (χ0v) is 10.4. The van der Waals surface area contributed by atoms with Crippen LogP contribution in [0.1, 0.15) is 28.3 Å². The fourth-order valence-corrected chi connectivity index (χ4v) is 2.28. The third-order valence-corrected chi connectivity index (χ3v) is 3.06. The maximum Gasteiger partial charge on any atom is 0.172 e. The summed E-state index contributed by atoms with van der Waals surface area (Å²) in [6, 6.07) is 3.76. The number of Topliss-reactive ketones (excluding diaryl/α,β-unsaturated/α-hetero) is 1. The van der Waals surface area contributed by atoms with E-state index >= 15 is 0 Å². The molecular weight excluding hydrogens is 234 g/mol. The van der Waals surface area contributed by atoms with Gasteiger partial charge in [0.05, 0.1) is 38.9 Å². The molecule has 1 unspecified atom stereocenters. The van der Waals surface area contributed by atoms with Gasteiger partial charge in [0.25, 0.3) is 0 Å². The normalized spacial score (nSPS) is 17.0. The van der Waals surface area contributed by atoms with Crippen LogP contribution in [0.5, 0.6) is 17.2 Å². The predicted octanol–water partition coefficient (Wildman–Crippen LogP) is 1.91. The van der Waals surface area contributed by atoms with Gasteiger partial charge in [0.1, 0.15) is 5.75 Å². The van der Waals surface area contributed by atoms with Crippen LogP contribution in [-0.2, 0) is 0 Å². The summed E-state index contributed by atoms with van der Waals surface area (Å²) < 4.78 is 15.7. The summed E-state index contributed by atoms with van der Waals surface area (Å²) in [5.41, 5.74) is 1.00. The van der Waals surface area contributed by atoms with Gasteiger partial charge in [0.15, 0.2) is 17.3 Å². The first kappa shape index (κ1) is 12.2. The molecule has 0 saturated heterocycles. The Balaban J connectivity index is 2.78. The number of hydrogen-bond acceptors (Lipinski definition) is 5. The van der Waals surface area contributed by atoms with Gasteiger partial charge in [-0.1, -0.05) is 0 Å². The number of nitrogens with zero attached hydrogens (tertiary/aromatic N) is 1. The summed E-state index contributed by atoms with van der Waals surface area (Å²) >= 11 is 0. The third kappa shape index (κ3) is 1.58. The van der Waals surface area contributed by atoms with E-state index in [0.29, 0.717) is 28.4 Å². The third-order valence-electron chi connectivity index (χ3n) is 3.06. The Hall–Kier alpha value is -2.22. The fourth-order valence-electron chi connectivity index (χ4n) is 2.28. The molecule has 0 radical (unpaired) electrons. The average molecular weight is 247 g/mol. The first-order chi connectivity index (χ1) is 8.67. The minimum Gasteiger partial charge on any atom is -0.496 e. The topological polar surface area (TPSA) is 68.6 Å². The number of fused-ring (bicyclic) bond motifs is 1. The van der Waals surface area contributed by atoms with Crippen LogP contribution in [0.2, 0.25) is 0 Å². The van der Waals surface area contributed by atoms with Gasteiger partial charge in [0, 0.05) is 18.1 Å². The lowest BCUT2D eigenvalue weighted by Crippen LogP contribution is -2.02. The monoisotopic (exact) mass is 247 g/mol. The Morgan fingerprint density at radius 3 is 2.39 bits per heavy atom. The highest BCUT2D eigenvalue weighted by molar-refractivity contribution is 6.06. The van der Waals surface area contributed by atoms with Crippen LogP contribution >= 0.6 is 0 Å². The minimum atomic E-state index is -0.484. The Kier molecular flexibility index (Phi) is 3.11. The number of ether oxygens (including phenoxy) is 3. The number of ketones is 1. The van der Waals surface area contributed by atoms with E-state index in [1.807, 2.05) is 0 Å². The quantitative estimate of drug-likeness (QED) is 0.816. The molecule has 1 aromatic carbocycles. The number of methoxy groups -OCH3 is 3. The molecule has 1 atom stereocenters. The molecule has 2 rings (SSSR count). The molecule has 0 heterocycles. The van der Waals surface area contributed by atoms with Crippen molar-refractivity contribution in [3.05, 3.63) is 17.2 Å². The number of rotatable bonds is 3. The summed E-state index contributed by atoms with van der Waals surface area (Å²) in [7, 11) is 4.46. The molecule has 5 nitrogen and oxygen atoms in total. The highest BCUT2D eigenvalue weighted by Gasteiger charge is 2.37. The van der Waals surface area contributed by atoms with Crippen LogP contribution in [0, 0.1) is 11.3 Å². The van der Waals surface area contributed by atoms with Gasteiger partial charge in [-0.25, -0.2) is 0 Å². The molecule has 18 heavy (non-hydrogen) atoms. The van der Waals surface area contributed by atoms with Crippen LogP contribution in [0.25, 0.3) is 0 Å². The van der Waals surface area contributed by atoms with E-state index in [9.17, 15) is 4.79 Å². The van der Waals surface area contributed by atoms with E-state index in [2.05, 4.69) is 6.07 Å². The highest BCUT2D eigenvalue weighted by Crippen LogP contribution is 2.48. The Morgan fingerprint density at radius 2 is 1.89 bits per heavy atom. The molecule has 0 fully saturated rings. The van der Waals surface area contributed by atoms with Crippen molar-refractivity contribution >= 4 is 5.78 Å². The number of carbonyl (C=O) groups is 1. The smallest absolute Gasteiger partial charge is 0.172 e. The predicted molar refractivity (Wildman–Crippen MR) is 63.4 cm³/mol. The van der Waals surface area contributed by atoms with E-state index in [-0.39, 0.29) is 12.2 Å². The fraction of sp³-hybridized carbons (Fsp3) is 0.385. The van der Waals surface area contributed by atoms with Gasteiger partial charge in [-0.15, -0.1) is 0 Å². The zero-order chi connectivity index (χ0) is 13.3. The van der Waals surface area contributed by atoms with Crippen molar-refractivity contribution in [1.82, 2.24) is 0 Å². The molecule has 0 saturated carbocycles. The summed E-state index contributed by atoms with van der Waals surface area (Å²) in [5, 5.41) is 9.11. The lowest BCUT2D eigenvalue weighted by Gasteiger charge is -2.15. The Bertz CT molecular complexity index is 545. The van der Waals surface area contributed by atoms with E-state index in [0.717, 1.165) is 0 Å². The molecule has 94 valence electrons. The molecule has 0 N–H and O–H groups in total. The average Bonchev–Trinajstić information content (AvgIpc) is 2.74. The van der Waals surface area contributed by atoms with E-state index < -0.39 is 5.92 Å². The van der Waals surface area contributed by atoms with Gasteiger partial charge >= 0.3 is 0 Å². The Morgan fingerprint density at radius 1 is 1.22 bits per heavy atom. The van der Waals surface area contributed by atoms with Crippen molar-refractivity contribution in [3.63, 3.8) is 0 Å². The van der Waals surface area contributed by atoms with Crippen molar-refractivity contribution in [2.75, 3.05) is 21.3 Å². The summed E-state index contributed by atoms with van der Waals surface area (Å²) in [6.45, 7) is 0. The molecule has 0 amide bonds. The summed E-state index contributed by atoms with van der Waals surface area (Å²) in [4.78, 5) is 12.0. The van der Waals surface area contributed by atoms with Crippen LogP contribution in [0.3, 0.4) is 0 Å². The molecule has 0 aromatic heterocycles. The standard InChI is InChI=1S/C13H13NO4/c1-16-9-5-10(17-2)13(18-3)12-8(15)4-7(6-14)11(9)12/h5,7H,4H2,1-3H3. The maximum absolute atomic E-state index is 12.0. The van der Waals surface area contributed by atoms with Crippen molar-refractivity contribution in [2.45, 2.75) is 12.3 Å². The number of nitriles is 1. The second kappa shape index (κ2) is 4.57. The second-order valence-electron chi connectivity index (χ2n) is 3.91. The van der Waals surface area contributed by atoms with E-state index in [1.54, 1.807) is 6.07 Å². The van der Waals surface area contributed by atoms with Gasteiger partial charge in [0.2, 0.25) is 0 Å². The zero-order valence-electron chi connectivity index (χ0n) is 10.4. The van der Waals surface area contributed by atoms with Crippen LogP contribution in [0.15, 0.2) is 6.07 Å². The number of hydrogen-bond donors (Lipinski definition) is 0. The number of carbonyl (C=O) groups excluding carboxylic acids is 1. The molecule has 0 aliphatic heterocycles. The van der Waals surface area contributed by atoms with Crippen LogP contribution < -0.4 is 14.2 Å². The molecular formula is C13H13NO4. The highest BCUT2D eigenvalue weighted by atomic mass is 16.5. The van der Waals surface area contributed by atoms with Crippen LogP contribution in [-0.4, -0.2) is 27.1 Å². The van der Waals surface area contributed by atoms with Crippen molar-refractivity contribution < 1.29 is 19.0 Å². The summed E-state index contributed by atoms with van der Waals surface area (Å²) in [5.74, 6) is 0.684. The lowest BCUT2D eigenvalue weighted by molar-refractivity contribution is 0.0989. The van der Waals surface area contributed by atoms with Crippen LogP contribution in [0.4, 0.5) is 0 Å². The van der Waals surface area contributed by atoms with Crippen molar-refractivity contribution in [2.24, 2.45) is 0 Å². The largest absolute Gasteiger partial charge is 0.496 e. The minimum absolute atomic E-state index is 0.120. The van der Waals surface area contributed by atoms with Gasteiger partial charge < -0.3 is 14.2 Å². The first-order valence-electron chi connectivity index (χ1n) is 5.43. The van der Waals surface area contributed by atoms with E-state index in [4.69, 9.17) is 19.5 Å². The van der Waals surface area contributed by atoms with Gasteiger partial charge in [-0.3, -0.25) is 4.79 Å².